The quantitative estimate of drug-likeness (QED) is 0.182. The monoisotopic (exact) mass is 403 g/mol. The van der Waals surface area contributed by atoms with E-state index in [1.54, 1.807) is 0 Å². The number of carbonyl (C=O) groups is 6. The summed E-state index contributed by atoms with van der Waals surface area (Å²) in [6, 6.07) is -4.69. The van der Waals surface area contributed by atoms with E-state index < -0.39 is 72.7 Å². The van der Waals surface area contributed by atoms with Crippen LogP contribution in [0.4, 0.5) is 0 Å². The molecule has 28 heavy (non-hydrogen) atoms. The molecule has 0 aromatic rings. The van der Waals surface area contributed by atoms with Gasteiger partial charge in [0, 0.05) is 0 Å². The molecule has 0 heterocycles. The minimum absolute atomic E-state index is 0.620. The summed E-state index contributed by atoms with van der Waals surface area (Å²) >= 11 is 0. The van der Waals surface area contributed by atoms with Crippen molar-refractivity contribution in [2.24, 2.45) is 5.73 Å². The number of carbonyl (C=O) groups excluding carboxylic acids is 4. The van der Waals surface area contributed by atoms with E-state index in [0.717, 1.165) is 0 Å². The van der Waals surface area contributed by atoms with Crippen molar-refractivity contribution in [2.45, 2.75) is 51.4 Å². The first-order valence-electron chi connectivity index (χ1n) is 8.23. The first-order chi connectivity index (χ1) is 12.8. The molecule has 8 N–H and O–H groups in total. The molecule has 4 atom stereocenters. The Morgan fingerprint density at radius 2 is 1.25 bits per heavy atom. The lowest BCUT2D eigenvalue weighted by molar-refractivity contribution is -0.141. The molecule has 0 unspecified atom stereocenters. The van der Waals surface area contributed by atoms with Gasteiger partial charge in [-0.15, -0.1) is 0 Å². The van der Waals surface area contributed by atoms with Gasteiger partial charge in [-0.25, -0.2) is 0 Å². The zero-order valence-electron chi connectivity index (χ0n) is 15.6. The van der Waals surface area contributed by atoms with Crippen LogP contribution in [0.3, 0.4) is 0 Å². The van der Waals surface area contributed by atoms with E-state index in [-0.39, 0.29) is 0 Å². The van der Waals surface area contributed by atoms with Gasteiger partial charge in [-0.05, 0) is 20.8 Å². The average molecular weight is 403 g/mol. The predicted molar refractivity (Wildman–Crippen MR) is 93.7 cm³/mol. The van der Waals surface area contributed by atoms with Crippen LogP contribution in [0.5, 0.6) is 0 Å². The Hall–Kier alpha value is -3.22. The minimum Gasteiger partial charge on any atom is -0.481 e. The highest BCUT2D eigenvalue weighted by Crippen LogP contribution is 1.97. The second-order valence-corrected chi connectivity index (χ2v) is 6.02. The van der Waals surface area contributed by atoms with Gasteiger partial charge in [0.05, 0.1) is 12.5 Å². The van der Waals surface area contributed by atoms with Crippen LogP contribution in [-0.2, 0) is 28.8 Å². The number of aliphatic carboxylic acids is 2. The summed E-state index contributed by atoms with van der Waals surface area (Å²) in [6.07, 6.45) is -0.783. The highest BCUT2D eigenvalue weighted by Gasteiger charge is 2.28. The van der Waals surface area contributed by atoms with Crippen LogP contribution in [0.15, 0.2) is 0 Å². The van der Waals surface area contributed by atoms with Crippen molar-refractivity contribution >= 4 is 35.6 Å². The molecule has 0 saturated heterocycles. The van der Waals surface area contributed by atoms with Crippen molar-refractivity contribution in [3.63, 3.8) is 0 Å². The Kier molecular flexibility index (Phi) is 10.2. The van der Waals surface area contributed by atoms with Gasteiger partial charge in [-0.3, -0.25) is 28.8 Å². The molecule has 0 aromatic carbocycles. The van der Waals surface area contributed by atoms with E-state index in [2.05, 4.69) is 16.0 Å². The lowest BCUT2D eigenvalue weighted by Crippen LogP contribution is -2.57. The fraction of sp³-hybridized carbons (Fsp3) is 0.600. The molecule has 0 bridgehead atoms. The molecule has 158 valence electrons. The number of rotatable bonds is 11. The van der Waals surface area contributed by atoms with Gasteiger partial charge in [0.2, 0.25) is 23.6 Å². The predicted octanol–water partition coefficient (Wildman–Crippen LogP) is -3.50. The molecule has 0 fully saturated rings. The molecule has 0 aliphatic heterocycles. The van der Waals surface area contributed by atoms with Gasteiger partial charge < -0.3 is 37.2 Å². The van der Waals surface area contributed by atoms with Gasteiger partial charge in [-0.1, -0.05) is 0 Å². The summed E-state index contributed by atoms with van der Waals surface area (Å²) in [4.78, 5) is 68.9. The summed E-state index contributed by atoms with van der Waals surface area (Å²) in [5.74, 6) is -5.92. The van der Waals surface area contributed by atoms with Crippen LogP contribution in [0, 0.1) is 0 Å². The molecule has 0 aromatic heterocycles. The molecule has 0 spiro atoms. The van der Waals surface area contributed by atoms with E-state index in [4.69, 9.17) is 15.9 Å². The van der Waals surface area contributed by atoms with Crippen molar-refractivity contribution in [2.75, 3.05) is 6.54 Å². The molecule has 13 heteroatoms. The van der Waals surface area contributed by atoms with E-state index in [9.17, 15) is 28.8 Å². The summed E-state index contributed by atoms with van der Waals surface area (Å²) in [5, 5.41) is 26.1. The van der Waals surface area contributed by atoms with E-state index in [1.165, 1.54) is 20.8 Å². The third-order valence-corrected chi connectivity index (χ3v) is 3.34. The smallest absolute Gasteiger partial charge is 0.322 e. The summed E-state index contributed by atoms with van der Waals surface area (Å²) in [7, 11) is 0. The Balaban J connectivity index is 4.96. The third-order valence-electron chi connectivity index (χ3n) is 3.34. The number of hydrogen-bond acceptors (Lipinski definition) is 7. The van der Waals surface area contributed by atoms with E-state index in [1.807, 2.05) is 5.32 Å². The van der Waals surface area contributed by atoms with Gasteiger partial charge in [0.15, 0.2) is 0 Å². The Morgan fingerprint density at radius 3 is 1.71 bits per heavy atom. The van der Waals surface area contributed by atoms with Gasteiger partial charge in [0.1, 0.15) is 24.7 Å². The summed E-state index contributed by atoms with van der Waals surface area (Å²) in [5.41, 5.74) is 5.37. The summed E-state index contributed by atoms with van der Waals surface area (Å²) < 4.78 is 0. The molecule has 0 rings (SSSR count). The first-order valence-corrected chi connectivity index (χ1v) is 8.23. The van der Waals surface area contributed by atoms with Crippen LogP contribution in [-0.4, -0.2) is 76.5 Å². The highest BCUT2D eigenvalue weighted by atomic mass is 16.4. The first kappa shape index (κ1) is 24.8. The Bertz CT molecular complexity index is 636. The zero-order chi connectivity index (χ0) is 22.0. The van der Waals surface area contributed by atoms with Gasteiger partial charge in [-0.2, -0.15) is 0 Å². The maximum absolute atomic E-state index is 12.2. The van der Waals surface area contributed by atoms with E-state index in [0.29, 0.717) is 0 Å². The van der Waals surface area contributed by atoms with E-state index >= 15 is 0 Å². The number of amides is 4. The third kappa shape index (κ3) is 9.47. The molecular formula is C15H25N5O8. The maximum Gasteiger partial charge on any atom is 0.322 e. The normalized spacial score (nSPS) is 14.6. The molecule has 0 saturated carbocycles. The zero-order valence-corrected chi connectivity index (χ0v) is 15.6. The topological polar surface area (TPSA) is 217 Å². The molecule has 4 amide bonds. The summed E-state index contributed by atoms with van der Waals surface area (Å²) in [6.45, 7) is 3.30. The molecule has 13 nitrogen and oxygen atoms in total. The Morgan fingerprint density at radius 1 is 0.750 bits per heavy atom. The number of carboxylic acids is 2. The van der Waals surface area contributed by atoms with Crippen LogP contribution in [0.2, 0.25) is 0 Å². The van der Waals surface area contributed by atoms with Crippen LogP contribution < -0.4 is 27.0 Å². The number of carboxylic acid groups (broad SMARTS) is 2. The van der Waals surface area contributed by atoms with Crippen LogP contribution >= 0.6 is 0 Å². The van der Waals surface area contributed by atoms with Crippen LogP contribution in [0.1, 0.15) is 27.2 Å². The maximum atomic E-state index is 12.2. The fourth-order valence-electron chi connectivity index (χ4n) is 1.79. The Labute approximate surface area is 160 Å². The number of hydrogen-bond donors (Lipinski definition) is 7. The van der Waals surface area contributed by atoms with Gasteiger partial charge in [0.25, 0.3) is 0 Å². The van der Waals surface area contributed by atoms with Gasteiger partial charge >= 0.3 is 11.9 Å². The van der Waals surface area contributed by atoms with Crippen molar-refractivity contribution < 1.29 is 39.0 Å². The van der Waals surface area contributed by atoms with Crippen LogP contribution in [0.25, 0.3) is 0 Å². The van der Waals surface area contributed by atoms with Crippen molar-refractivity contribution in [1.82, 2.24) is 21.3 Å². The number of nitrogens with one attached hydrogen (secondary N) is 4. The average Bonchev–Trinajstić information content (AvgIpc) is 2.57. The highest BCUT2D eigenvalue weighted by molar-refractivity contribution is 5.96. The second kappa shape index (κ2) is 11.5. The number of nitrogens with two attached hydrogens (primary N) is 1. The lowest BCUT2D eigenvalue weighted by atomic mass is 10.1. The second-order valence-electron chi connectivity index (χ2n) is 6.02. The van der Waals surface area contributed by atoms with Crippen molar-refractivity contribution in [1.29, 1.82) is 0 Å². The van der Waals surface area contributed by atoms with Crippen molar-refractivity contribution in [3.8, 4) is 0 Å². The van der Waals surface area contributed by atoms with Crippen molar-refractivity contribution in [3.05, 3.63) is 0 Å². The molecule has 0 aliphatic rings. The largest absolute Gasteiger partial charge is 0.481 e. The lowest BCUT2D eigenvalue weighted by Gasteiger charge is -2.22. The SMILES string of the molecule is C[C@H](N)C(=O)N[C@@H](C)C(=O)N[C@@H](CC(=O)O)C(=O)N[C@@H](C)C(=O)NCC(=O)O. The molecule has 0 radical (unpaired) electrons. The standard InChI is InChI=1S/C15H25N5O8/c1-6(16)12(25)18-8(3)14(27)20-9(4-10(21)22)15(28)19-7(2)13(26)17-5-11(23)24/h6-9H,4-5,16H2,1-3H3,(H,17,26)(H,18,25)(H,19,28)(H,20,27)(H,21,22)(H,23,24)/t6-,7-,8-,9-/m0/s1. The molecule has 0 aliphatic carbocycles. The molecular weight excluding hydrogens is 378 g/mol. The fourth-order valence-corrected chi connectivity index (χ4v) is 1.79. The minimum atomic E-state index is -1.53.